The lowest BCUT2D eigenvalue weighted by atomic mass is 9.77. The molecule has 0 radical (unpaired) electrons. The Balaban J connectivity index is 1.82. The van der Waals surface area contributed by atoms with Gasteiger partial charge in [0, 0.05) is 30.6 Å². The van der Waals surface area contributed by atoms with Crippen LogP contribution in [-0.2, 0) is 10.3 Å². The van der Waals surface area contributed by atoms with Gasteiger partial charge in [0.25, 0.3) is 0 Å². The minimum Gasteiger partial charge on any atom is -0.431 e. The van der Waals surface area contributed by atoms with Crippen molar-refractivity contribution in [2.24, 2.45) is 4.99 Å². The number of carbonyl (C=O) groups excluding carboxylic acids is 1. The minimum absolute atomic E-state index is 0.0177. The van der Waals surface area contributed by atoms with Crippen molar-refractivity contribution >= 4 is 11.6 Å². The van der Waals surface area contributed by atoms with Crippen molar-refractivity contribution in [1.82, 2.24) is 9.88 Å². The first kappa shape index (κ1) is 17.6. The van der Waals surface area contributed by atoms with Gasteiger partial charge < -0.3 is 9.64 Å². The molecule has 1 atom stereocenters. The van der Waals surface area contributed by atoms with Crippen LogP contribution >= 0.6 is 0 Å². The number of carbonyl (C=O) groups is 1. The number of alkyl halides is 5. The Kier molecular flexibility index (Phi) is 3.83. The third-order valence-corrected chi connectivity index (χ3v) is 4.76. The number of pyridine rings is 1. The Morgan fingerprint density at radius 3 is 2.78 bits per heavy atom. The van der Waals surface area contributed by atoms with E-state index in [-0.39, 0.29) is 31.0 Å². The van der Waals surface area contributed by atoms with E-state index in [1.165, 1.54) is 12.4 Å². The fourth-order valence-corrected chi connectivity index (χ4v) is 3.60. The van der Waals surface area contributed by atoms with Gasteiger partial charge >= 0.3 is 12.8 Å². The number of halogens is 5. The van der Waals surface area contributed by atoms with Crippen molar-refractivity contribution in [3.8, 4) is 0 Å². The molecule has 3 heterocycles. The van der Waals surface area contributed by atoms with E-state index in [1.807, 2.05) is 0 Å². The molecule has 10 heteroatoms. The van der Waals surface area contributed by atoms with Gasteiger partial charge in [-0.05, 0) is 24.1 Å². The predicted octanol–water partition coefficient (Wildman–Crippen LogP) is 3.55. The minimum atomic E-state index is -4.73. The van der Waals surface area contributed by atoms with Gasteiger partial charge in [0.05, 0.1) is 12.1 Å². The average Bonchev–Trinajstić information content (AvgIpc) is 2.97. The van der Waals surface area contributed by atoms with Crippen LogP contribution in [0.4, 0.5) is 22.0 Å². The van der Waals surface area contributed by atoms with Crippen LogP contribution in [0.25, 0.3) is 0 Å². The first-order valence-corrected chi connectivity index (χ1v) is 8.00. The van der Waals surface area contributed by atoms with Crippen molar-refractivity contribution in [3.63, 3.8) is 0 Å². The van der Waals surface area contributed by atoms with Crippen LogP contribution in [0.3, 0.4) is 0 Å². The number of aliphatic imine (C=N–C) groups is 1. The van der Waals surface area contributed by atoms with Gasteiger partial charge in [-0.3, -0.25) is 14.8 Å². The summed E-state index contributed by atoms with van der Waals surface area (Å²) in [6.07, 6.45) is -0.166. The monoisotopic (exact) mass is 385 g/mol. The Bertz CT molecular complexity index is 906. The lowest BCUT2D eigenvalue weighted by Gasteiger charge is -2.32. The summed E-state index contributed by atoms with van der Waals surface area (Å²) in [4.78, 5) is 21.7. The molecule has 3 aliphatic rings. The summed E-state index contributed by atoms with van der Waals surface area (Å²) in [6.45, 7) is -3.31. The molecule has 2 aliphatic heterocycles. The van der Waals surface area contributed by atoms with Gasteiger partial charge in [0.1, 0.15) is 5.54 Å². The van der Waals surface area contributed by atoms with E-state index in [2.05, 4.69) is 14.7 Å². The number of Topliss-reactive ketones (excluding diaryl/α,β-unsaturated/α-hetero) is 1. The highest BCUT2D eigenvalue weighted by Crippen LogP contribution is 2.45. The highest BCUT2D eigenvalue weighted by atomic mass is 19.4. The molecule has 1 aliphatic carbocycles. The van der Waals surface area contributed by atoms with E-state index in [0.717, 1.165) is 11.1 Å². The molecular weight excluding hydrogens is 373 g/mol. The molecule has 0 fully saturated rings. The van der Waals surface area contributed by atoms with Crippen molar-refractivity contribution in [3.05, 3.63) is 53.2 Å². The summed E-state index contributed by atoms with van der Waals surface area (Å²) >= 11 is 0. The van der Waals surface area contributed by atoms with Crippen LogP contribution in [0.2, 0.25) is 0 Å². The third kappa shape index (κ3) is 2.88. The van der Waals surface area contributed by atoms with E-state index in [1.54, 1.807) is 6.07 Å². The second-order valence-corrected chi connectivity index (χ2v) is 6.41. The number of ether oxygens (including phenoxy) is 1. The maximum Gasteiger partial charge on any atom is 0.417 e. The summed E-state index contributed by atoms with van der Waals surface area (Å²) in [7, 11) is 0. The zero-order valence-electron chi connectivity index (χ0n) is 13.6. The third-order valence-electron chi connectivity index (χ3n) is 4.76. The van der Waals surface area contributed by atoms with Crippen LogP contribution < -0.4 is 0 Å². The van der Waals surface area contributed by atoms with Gasteiger partial charge in [-0.25, -0.2) is 0 Å². The van der Waals surface area contributed by atoms with E-state index in [9.17, 15) is 26.7 Å². The topological polar surface area (TPSA) is 54.8 Å². The molecule has 4 rings (SSSR count). The smallest absolute Gasteiger partial charge is 0.417 e. The number of fused-ring (bicyclic) bond motifs is 3. The molecule has 1 aromatic rings. The molecule has 142 valence electrons. The van der Waals surface area contributed by atoms with E-state index in [0.29, 0.717) is 17.2 Å². The SMILES string of the molecule is O=C1CCC2(CN3C=C(C(F)(F)F)C=C(OC(F)F)C3=N2)c2ccncc21. The summed E-state index contributed by atoms with van der Waals surface area (Å²) in [6, 6.07) is 1.58. The Hall–Kier alpha value is -2.78. The molecule has 1 unspecified atom stereocenters. The van der Waals surface area contributed by atoms with E-state index < -0.39 is 29.7 Å². The maximum absolute atomic E-state index is 13.2. The second kappa shape index (κ2) is 5.86. The first-order valence-electron chi connectivity index (χ1n) is 8.00. The van der Waals surface area contributed by atoms with Gasteiger partial charge in [-0.15, -0.1) is 0 Å². The molecular formula is C17H12F5N3O2. The number of nitrogens with zero attached hydrogens (tertiary/aromatic N) is 3. The van der Waals surface area contributed by atoms with Crippen molar-refractivity contribution in [2.75, 3.05) is 6.54 Å². The summed E-state index contributed by atoms with van der Waals surface area (Å²) in [5.74, 6) is -0.899. The lowest BCUT2D eigenvalue weighted by Crippen LogP contribution is -2.37. The standard InChI is InChI=1S/C17H12F5N3O2/c18-15(19)27-13-5-9(17(20,21)22)7-25-8-16(24-14(13)25)3-1-12(26)10-6-23-4-2-11(10)16/h2,4-7,15H,1,3,8H2. The molecule has 0 amide bonds. The van der Waals surface area contributed by atoms with Gasteiger partial charge in [-0.2, -0.15) is 22.0 Å². The molecule has 5 nitrogen and oxygen atoms in total. The lowest BCUT2D eigenvalue weighted by molar-refractivity contribution is -0.0981. The maximum atomic E-state index is 13.2. The van der Waals surface area contributed by atoms with E-state index >= 15 is 0 Å². The Morgan fingerprint density at radius 2 is 2.07 bits per heavy atom. The number of amidine groups is 1. The number of aromatic nitrogens is 1. The largest absolute Gasteiger partial charge is 0.431 e. The molecule has 0 aromatic carbocycles. The summed E-state index contributed by atoms with van der Waals surface area (Å²) in [5.41, 5.74) is -1.28. The van der Waals surface area contributed by atoms with Gasteiger partial charge in [0.2, 0.25) is 0 Å². The molecule has 0 bridgehead atoms. The van der Waals surface area contributed by atoms with Crippen LogP contribution in [0.5, 0.6) is 0 Å². The second-order valence-electron chi connectivity index (χ2n) is 6.41. The number of allylic oxidation sites excluding steroid dienone is 2. The molecule has 0 saturated carbocycles. The molecule has 27 heavy (non-hydrogen) atoms. The summed E-state index contributed by atoms with van der Waals surface area (Å²) < 4.78 is 69.2. The fourth-order valence-electron chi connectivity index (χ4n) is 3.60. The summed E-state index contributed by atoms with van der Waals surface area (Å²) in [5, 5.41) is 0. The van der Waals surface area contributed by atoms with Crippen LogP contribution in [0.15, 0.2) is 47.1 Å². The van der Waals surface area contributed by atoms with E-state index in [4.69, 9.17) is 0 Å². The van der Waals surface area contributed by atoms with Crippen molar-refractivity contribution < 1.29 is 31.5 Å². The zero-order valence-corrected chi connectivity index (χ0v) is 13.6. The highest BCUT2D eigenvalue weighted by Gasteiger charge is 2.48. The Morgan fingerprint density at radius 1 is 1.30 bits per heavy atom. The quantitative estimate of drug-likeness (QED) is 0.731. The van der Waals surface area contributed by atoms with Crippen LogP contribution in [0, 0.1) is 0 Å². The fraction of sp³-hybridized carbons (Fsp3) is 0.353. The predicted molar refractivity (Wildman–Crippen MR) is 82.9 cm³/mol. The molecule has 1 aromatic heterocycles. The number of ketones is 1. The van der Waals surface area contributed by atoms with Gasteiger partial charge in [-0.1, -0.05) is 0 Å². The first-order chi connectivity index (χ1) is 12.7. The number of hydrogen-bond acceptors (Lipinski definition) is 5. The normalized spacial score (nSPS) is 24.4. The average molecular weight is 385 g/mol. The van der Waals surface area contributed by atoms with Crippen LogP contribution in [-0.4, -0.2) is 40.8 Å². The van der Waals surface area contributed by atoms with Gasteiger partial charge in [0.15, 0.2) is 17.4 Å². The molecule has 0 N–H and O–H groups in total. The van der Waals surface area contributed by atoms with Crippen LogP contribution in [0.1, 0.15) is 28.8 Å². The highest BCUT2D eigenvalue weighted by molar-refractivity contribution is 6.03. The number of hydrogen-bond donors (Lipinski definition) is 0. The van der Waals surface area contributed by atoms with Crippen molar-refractivity contribution in [2.45, 2.75) is 31.2 Å². The van der Waals surface area contributed by atoms with Crippen molar-refractivity contribution in [1.29, 1.82) is 0 Å². The zero-order chi connectivity index (χ0) is 19.4. The number of rotatable bonds is 2. The molecule has 0 saturated heterocycles. The molecule has 1 spiro atoms. The Labute approximate surface area is 149 Å².